The maximum Gasteiger partial charge on any atom is 0.235 e. The maximum absolute atomic E-state index is 11.6. The van der Waals surface area contributed by atoms with E-state index < -0.39 is 0 Å². The van der Waals surface area contributed by atoms with E-state index in [4.69, 9.17) is 5.11 Å². The van der Waals surface area contributed by atoms with Gasteiger partial charge in [0, 0.05) is 18.8 Å². The summed E-state index contributed by atoms with van der Waals surface area (Å²) < 4.78 is 0. The smallest absolute Gasteiger partial charge is 0.235 e. The van der Waals surface area contributed by atoms with Crippen LogP contribution < -0.4 is 0 Å². The third-order valence-electron chi connectivity index (χ3n) is 1.88. The van der Waals surface area contributed by atoms with E-state index in [0.29, 0.717) is 5.75 Å². The molecular formula is C9H19NO2S. The van der Waals surface area contributed by atoms with Gasteiger partial charge in [-0.25, -0.2) is 0 Å². The van der Waals surface area contributed by atoms with Crippen LogP contribution in [0.2, 0.25) is 0 Å². The predicted octanol–water partition coefficient (Wildman–Crippen LogP) is 0.969. The molecule has 1 amide bonds. The summed E-state index contributed by atoms with van der Waals surface area (Å²) in [6.07, 6.45) is 0. The van der Waals surface area contributed by atoms with Crippen LogP contribution in [0.1, 0.15) is 20.8 Å². The van der Waals surface area contributed by atoms with E-state index in [-0.39, 0.29) is 17.8 Å². The Kier molecular flexibility index (Phi) is 7.09. The number of aliphatic hydroxyl groups excluding tert-OH is 1. The van der Waals surface area contributed by atoms with Crippen LogP contribution >= 0.6 is 11.8 Å². The maximum atomic E-state index is 11.6. The highest BCUT2D eigenvalue weighted by Crippen LogP contribution is 2.12. The lowest BCUT2D eigenvalue weighted by molar-refractivity contribution is -0.129. The number of aliphatic hydroxyl groups is 1. The van der Waals surface area contributed by atoms with Gasteiger partial charge in [-0.05, 0) is 20.8 Å². The molecule has 78 valence electrons. The van der Waals surface area contributed by atoms with Gasteiger partial charge in [0.05, 0.1) is 11.9 Å². The second-order valence-corrected chi connectivity index (χ2v) is 4.20. The summed E-state index contributed by atoms with van der Waals surface area (Å²) in [5, 5.41) is 8.57. The standard InChI is InChI=1S/C9H19NO2S/c1-4-10(5-2)9(12)8(3)13-7-6-11/h8,11H,4-7H2,1-3H3. The summed E-state index contributed by atoms with van der Waals surface area (Å²) in [5.41, 5.74) is 0. The molecule has 4 heteroatoms. The lowest BCUT2D eigenvalue weighted by atomic mass is 10.4. The molecule has 13 heavy (non-hydrogen) atoms. The zero-order valence-corrected chi connectivity index (χ0v) is 9.43. The summed E-state index contributed by atoms with van der Waals surface area (Å²) in [7, 11) is 0. The molecule has 0 saturated carbocycles. The second-order valence-electron chi connectivity index (χ2n) is 2.75. The summed E-state index contributed by atoms with van der Waals surface area (Å²) in [6.45, 7) is 7.51. The summed E-state index contributed by atoms with van der Waals surface area (Å²) >= 11 is 1.50. The van der Waals surface area contributed by atoms with Crippen molar-refractivity contribution < 1.29 is 9.90 Å². The van der Waals surface area contributed by atoms with E-state index in [1.165, 1.54) is 11.8 Å². The number of carbonyl (C=O) groups excluding carboxylic acids is 1. The largest absolute Gasteiger partial charge is 0.396 e. The molecule has 0 aromatic carbocycles. The van der Waals surface area contributed by atoms with Crippen LogP contribution in [0, 0.1) is 0 Å². The molecule has 0 aliphatic carbocycles. The fraction of sp³-hybridized carbons (Fsp3) is 0.889. The Morgan fingerprint density at radius 2 is 2.00 bits per heavy atom. The Labute approximate surface area is 84.5 Å². The topological polar surface area (TPSA) is 40.5 Å². The molecule has 0 bridgehead atoms. The van der Waals surface area contributed by atoms with Gasteiger partial charge < -0.3 is 10.0 Å². The number of nitrogens with zero attached hydrogens (tertiary/aromatic N) is 1. The van der Waals surface area contributed by atoms with Crippen LogP contribution in [-0.4, -0.2) is 46.6 Å². The monoisotopic (exact) mass is 205 g/mol. The average Bonchev–Trinajstić information content (AvgIpc) is 2.15. The first-order chi connectivity index (χ1) is 6.17. The van der Waals surface area contributed by atoms with E-state index in [0.717, 1.165) is 13.1 Å². The molecule has 0 radical (unpaired) electrons. The van der Waals surface area contributed by atoms with Crippen LogP contribution in [0.15, 0.2) is 0 Å². The number of thioether (sulfide) groups is 1. The SMILES string of the molecule is CCN(CC)C(=O)C(C)SCCO. The van der Waals surface area contributed by atoms with Crippen molar-refractivity contribution >= 4 is 17.7 Å². The van der Waals surface area contributed by atoms with Gasteiger partial charge in [0.25, 0.3) is 0 Å². The first-order valence-electron chi connectivity index (χ1n) is 4.68. The molecule has 0 fully saturated rings. The van der Waals surface area contributed by atoms with Crippen molar-refractivity contribution in [2.75, 3.05) is 25.4 Å². The first-order valence-corrected chi connectivity index (χ1v) is 5.73. The van der Waals surface area contributed by atoms with Crippen molar-refractivity contribution in [1.82, 2.24) is 4.90 Å². The van der Waals surface area contributed by atoms with Crippen molar-refractivity contribution in [1.29, 1.82) is 0 Å². The quantitative estimate of drug-likeness (QED) is 0.702. The van der Waals surface area contributed by atoms with E-state index >= 15 is 0 Å². The van der Waals surface area contributed by atoms with E-state index in [2.05, 4.69) is 0 Å². The van der Waals surface area contributed by atoms with Gasteiger partial charge in [0.1, 0.15) is 0 Å². The molecule has 0 aliphatic heterocycles. The number of hydrogen-bond donors (Lipinski definition) is 1. The summed E-state index contributed by atoms with van der Waals surface area (Å²) in [4.78, 5) is 13.4. The lowest BCUT2D eigenvalue weighted by Crippen LogP contribution is -2.36. The van der Waals surface area contributed by atoms with Crippen molar-refractivity contribution in [2.45, 2.75) is 26.0 Å². The normalized spacial score (nSPS) is 12.6. The predicted molar refractivity (Wildman–Crippen MR) is 56.9 cm³/mol. The minimum Gasteiger partial charge on any atom is -0.396 e. The number of amides is 1. The van der Waals surface area contributed by atoms with Crippen LogP contribution in [0.3, 0.4) is 0 Å². The van der Waals surface area contributed by atoms with E-state index in [1.807, 2.05) is 25.7 Å². The number of hydrogen-bond acceptors (Lipinski definition) is 3. The van der Waals surface area contributed by atoms with Gasteiger partial charge in [0.2, 0.25) is 5.91 Å². The highest BCUT2D eigenvalue weighted by molar-refractivity contribution is 8.00. The van der Waals surface area contributed by atoms with Crippen LogP contribution in [0.5, 0.6) is 0 Å². The van der Waals surface area contributed by atoms with Gasteiger partial charge in [0.15, 0.2) is 0 Å². The molecule has 0 aromatic rings. The molecule has 3 nitrogen and oxygen atoms in total. The van der Waals surface area contributed by atoms with Crippen molar-refractivity contribution in [3.8, 4) is 0 Å². The molecule has 0 aromatic heterocycles. The van der Waals surface area contributed by atoms with Crippen molar-refractivity contribution in [3.05, 3.63) is 0 Å². The van der Waals surface area contributed by atoms with Crippen molar-refractivity contribution in [3.63, 3.8) is 0 Å². The molecule has 1 N–H and O–H groups in total. The highest BCUT2D eigenvalue weighted by Gasteiger charge is 2.17. The first kappa shape index (κ1) is 12.8. The van der Waals surface area contributed by atoms with Crippen molar-refractivity contribution in [2.24, 2.45) is 0 Å². The molecule has 1 unspecified atom stereocenters. The highest BCUT2D eigenvalue weighted by atomic mass is 32.2. The fourth-order valence-electron chi connectivity index (χ4n) is 1.09. The van der Waals surface area contributed by atoms with Gasteiger partial charge in [-0.15, -0.1) is 11.8 Å². The molecule has 0 spiro atoms. The molecule has 0 rings (SSSR count). The zero-order valence-electron chi connectivity index (χ0n) is 8.62. The number of carbonyl (C=O) groups is 1. The Balaban J connectivity index is 3.92. The summed E-state index contributed by atoms with van der Waals surface area (Å²) in [6, 6.07) is 0. The average molecular weight is 205 g/mol. The Hall–Kier alpha value is -0.220. The third kappa shape index (κ3) is 4.52. The van der Waals surface area contributed by atoms with E-state index in [1.54, 1.807) is 0 Å². The minimum atomic E-state index is -0.0351. The number of rotatable bonds is 6. The molecule has 0 saturated heterocycles. The van der Waals surface area contributed by atoms with E-state index in [9.17, 15) is 4.79 Å². The fourth-order valence-corrected chi connectivity index (χ4v) is 1.84. The second kappa shape index (κ2) is 7.21. The Morgan fingerprint density at radius 3 is 2.38 bits per heavy atom. The molecule has 1 atom stereocenters. The van der Waals surface area contributed by atoms with Crippen LogP contribution in [-0.2, 0) is 4.79 Å². The molecule has 0 heterocycles. The van der Waals surface area contributed by atoms with Gasteiger partial charge in [-0.2, -0.15) is 0 Å². The molecular weight excluding hydrogens is 186 g/mol. The third-order valence-corrected chi connectivity index (χ3v) is 3.00. The zero-order chi connectivity index (χ0) is 10.3. The molecule has 0 aliphatic rings. The van der Waals surface area contributed by atoms with Gasteiger partial charge in [-0.3, -0.25) is 4.79 Å². The van der Waals surface area contributed by atoms with Gasteiger partial charge in [-0.1, -0.05) is 0 Å². The lowest BCUT2D eigenvalue weighted by Gasteiger charge is -2.22. The van der Waals surface area contributed by atoms with Gasteiger partial charge >= 0.3 is 0 Å². The van der Waals surface area contributed by atoms with Crippen LogP contribution in [0.4, 0.5) is 0 Å². The van der Waals surface area contributed by atoms with Crippen LogP contribution in [0.25, 0.3) is 0 Å². The Bertz CT molecular complexity index is 149. The Morgan fingerprint density at radius 1 is 1.46 bits per heavy atom. The minimum absolute atomic E-state index is 0.0351. The summed E-state index contributed by atoms with van der Waals surface area (Å²) in [5.74, 6) is 0.803.